The van der Waals surface area contributed by atoms with E-state index in [0.717, 1.165) is 8.78 Å². The first-order valence-electron chi connectivity index (χ1n) is 7.71. The first-order valence-corrected chi connectivity index (χ1v) is 9.94. The summed E-state index contributed by atoms with van der Waals surface area (Å²) >= 11 is 3.30. The van der Waals surface area contributed by atoms with Crippen molar-refractivity contribution >= 4 is 37.9 Å². The third kappa shape index (κ3) is 4.24. The molecule has 0 fully saturated rings. The highest BCUT2D eigenvalue weighted by molar-refractivity contribution is 9.10. The quantitative estimate of drug-likeness (QED) is 0.640. The van der Waals surface area contributed by atoms with Crippen LogP contribution in [-0.2, 0) is 10.0 Å². The van der Waals surface area contributed by atoms with E-state index in [-0.39, 0.29) is 22.7 Å². The molecule has 0 spiro atoms. The lowest BCUT2D eigenvalue weighted by Crippen LogP contribution is -2.22. The minimum absolute atomic E-state index is 0.0556. The van der Waals surface area contributed by atoms with Crippen molar-refractivity contribution in [2.24, 2.45) is 0 Å². The van der Waals surface area contributed by atoms with E-state index in [1.54, 1.807) is 30.3 Å². The monoisotopic (exact) mass is 450 g/mol. The van der Waals surface area contributed by atoms with Crippen LogP contribution in [0.5, 0.6) is 0 Å². The molecule has 1 N–H and O–H groups in total. The Balaban J connectivity index is 1.77. The smallest absolute Gasteiger partial charge is 0.322 e. The zero-order chi connectivity index (χ0) is 19.6. The van der Waals surface area contributed by atoms with E-state index in [2.05, 4.69) is 31.4 Å². The largest absolute Gasteiger partial charge is 0.403 e. The fourth-order valence-corrected chi connectivity index (χ4v) is 3.47. The molecule has 1 aromatic heterocycles. The van der Waals surface area contributed by atoms with Crippen LogP contribution in [0.4, 0.5) is 6.01 Å². The van der Waals surface area contributed by atoms with Gasteiger partial charge in [0.25, 0.3) is 5.91 Å². The van der Waals surface area contributed by atoms with Gasteiger partial charge in [-0.05, 0) is 42.5 Å². The average Bonchev–Trinajstić information content (AvgIpc) is 3.10. The SMILES string of the molecule is CN(C)S(=O)(=O)c1ccc(-c2nnc(NC(=O)c3cccc(Br)c3)o2)cc1. The summed E-state index contributed by atoms with van der Waals surface area (Å²) in [5.41, 5.74) is 0.963. The molecule has 3 aromatic rings. The van der Waals surface area contributed by atoms with Gasteiger partial charge in [-0.1, -0.05) is 27.1 Å². The number of anilines is 1. The molecule has 8 nitrogen and oxygen atoms in total. The number of nitrogens with one attached hydrogen (secondary N) is 1. The number of hydrogen-bond acceptors (Lipinski definition) is 6. The zero-order valence-electron chi connectivity index (χ0n) is 14.4. The summed E-state index contributed by atoms with van der Waals surface area (Å²) in [7, 11) is -0.595. The van der Waals surface area contributed by atoms with Crippen molar-refractivity contribution in [3.8, 4) is 11.5 Å². The van der Waals surface area contributed by atoms with Gasteiger partial charge in [-0.3, -0.25) is 10.1 Å². The number of carbonyl (C=O) groups excluding carboxylic acids is 1. The van der Waals surface area contributed by atoms with Crippen molar-refractivity contribution < 1.29 is 17.6 Å². The van der Waals surface area contributed by atoms with Crippen molar-refractivity contribution in [2.45, 2.75) is 4.90 Å². The molecule has 0 aliphatic carbocycles. The summed E-state index contributed by atoms with van der Waals surface area (Å²) in [5, 5.41) is 10.2. The molecule has 10 heteroatoms. The Labute approximate surface area is 164 Å². The van der Waals surface area contributed by atoms with E-state index in [1.807, 2.05) is 6.07 Å². The van der Waals surface area contributed by atoms with Crippen molar-refractivity contribution in [1.29, 1.82) is 0 Å². The van der Waals surface area contributed by atoms with Crippen LogP contribution in [0.2, 0.25) is 0 Å². The number of nitrogens with zero attached hydrogens (tertiary/aromatic N) is 3. The molecular formula is C17H15BrN4O4S. The van der Waals surface area contributed by atoms with Gasteiger partial charge >= 0.3 is 6.01 Å². The summed E-state index contributed by atoms with van der Waals surface area (Å²) in [6.45, 7) is 0. The number of amides is 1. The van der Waals surface area contributed by atoms with Crippen molar-refractivity contribution in [2.75, 3.05) is 19.4 Å². The fraction of sp³-hybridized carbons (Fsp3) is 0.118. The van der Waals surface area contributed by atoms with Crippen LogP contribution in [-0.4, -0.2) is 42.9 Å². The Morgan fingerprint density at radius 2 is 1.81 bits per heavy atom. The van der Waals surface area contributed by atoms with Crippen LogP contribution < -0.4 is 5.32 Å². The number of hydrogen-bond donors (Lipinski definition) is 1. The second-order valence-corrected chi connectivity index (χ2v) is 8.76. The molecule has 0 bridgehead atoms. The van der Waals surface area contributed by atoms with Gasteiger partial charge in [0, 0.05) is 29.7 Å². The van der Waals surface area contributed by atoms with Crippen LogP contribution in [0.3, 0.4) is 0 Å². The Morgan fingerprint density at radius 1 is 1.11 bits per heavy atom. The lowest BCUT2D eigenvalue weighted by molar-refractivity contribution is 0.102. The fourth-order valence-electron chi connectivity index (χ4n) is 2.17. The lowest BCUT2D eigenvalue weighted by atomic mass is 10.2. The normalized spacial score (nSPS) is 11.6. The maximum atomic E-state index is 12.2. The van der Waals surface area contributed by atoms with E-state index < -0.39 is 10.0 Å². The molecule has 140 valence electrons. The van der Waals surface area contributed by atoms with Crippen LogP contribution in [0, 0.1) is 0 Å². The summed E-state index contributed by atoms with van der Waals surface area (Å²) in [6, 6.07) is 12.8. The van der Waals surface area contributed by atoms with Crippen molar-refractivity contribution in [3.63, 3.8) is 0 Å². The number of halogens is 1. The lowest BCUT2D eigenvalue weighted by Gasteiger charge is -2.11. The van der Waals surface area contributed by atoms with E-state index in [4.69, 9.17) is 4.42 Å². The van der Waals surface area contributed by atoms with Gasteiger partial charge in [0.1, 0.15) is 0 Å². The first-order chi connectivity index (χ1) is 12.8. The number of rotatable bonds is 5. The molecule has 3 rings (SSSR count). The second kappa shape index (κ2) is 7.59. The standard InChI is InChI=1S/C17H15BrN4O4S/c1-22(2)27(24,25)14-8-6-11(7-9-14)16-20-21-17(26-16)19-15(23)12-4-3-5-13(18)10-12/h3-10H,1-2H3,(H,19,21,23). The van der Waals surface area contributed by atoms with Gasteiger partial charge in [-0.25, -0.2) is 12.7 Å². The molecule has 2 aromatic carbocycles. The van der Waals surface area contributed by atoms with Gasteiger partial charge in [0.15, 0.2) is 0 Å². The van der Waals surface area contributed by atoms with E-state index in [9.17, 15) is 13.2 Å². The molecule has 0 radical (unpaired) electrons. The van der Waals surface area contributed by atoms with Crippen LogP contribution >= 0.6 is 15.9 Å². The third-order valence-electron chi connectivity index (χ3n) is 3.61. The van der Waals surface area contributed by atoms with Gasteiger partial charge in [-0.2, -0.15) is 0 Å². The van der Waals surface area contributed by atoms with E-state index >= 15 is 0 Å². The van der Waals surface area contributed by atoms with E-state index in [0.29, 0.717) is 11.1 Å². The molecule has 0 unspecified atom stereocenters. The van der Waals surface area contributed by atoms with Crippen LogP contribution in [0.1, 0.15) is 10.4 Å². The highest BCUT2D eigenvalue weighted by Crippen LogP contribution is 2.23. The summed E-state index contributed by atoms with van der Waals surface area (Å²) in [5.74, 6) is -0.229. The predicted molar refractivity (Wildman–Crippen MR) is 103 cm³/mol. The number of carbonyl (C=O) groups is 1. The number of benzene rings is 2. The van der Waals surface area contributed by atoms with Gasteiger partial charge in [0.2, 0.25) is 15.9 Å². The van der Waals surface area contributed by atoms with Crippen molar-refractivity contribution in [1.82, 2.24) is 14.5 Å². The number of sulfonamides is 1. The second-order valence-electron chi connectivity index (χ2n) is 5.69. The molecule has 0 aliphatic rings. The van der Waals surface area contributed by atoms with Gasteiger partial charge in [-0.15, -0.1) is 5.10 Å². The third-order valence-corrected chi connectivity index (χ3v) is 5.93. The van der Waals surface area contributed by atoms with Crippen LogP contribution in [0.25, 0.3) is 11.5 Å². The molecule has 0 aliphatic heterocycles. The highest BCUT2D eigenvalue weighted by atomic mass is 79.9. The Bertz CT molecular complexity index is 1080. The maximum Gasteiger partial charge on any atom is 0.322 e. The first kappa shape index (κ1) is 19.2. The summed E-state index contributed by atoms with van der Waals surface area (Å²) in [4.78, 5) is 12.4. The molecule has 27 heavy (non-hydrogen) atoms. The predicted octanol–water partition coefficient (Wildman–Crippen LogP) is 3.00. The molecular weight excluding hydrogens is 436 g/mol. The molecule has 0 saturated heterocycles. The zero-order valence-corrected chi connectivity index (χ0v) is 16.8. The molecule has 0 atom stereocenters. The van der Waals surface area contributed by atoms with Crippen molar-refractivity contribution in [3.05, 3.63) is 58.6 Å². The Morgan fingerprint density at radius 3 is 2.44 bits per heavy atom. The molecule has 0 saturated carbocycles. The maximum absolute atomic E-state index is 12.2. The average molecular weight is 451 g/mol. The Kier molecular flexibility index (Phi) is 5.40. The number of aromatic nitrogens is 2. The Hall–Kier alpha value is -2.56. The van der Waals surface area contributed by atoms with Gasteiger partial charge in [0.05, 0.1) is 4.90 Å². The highest BCUT2D eigenvalue weighted by Gasteiger charge is 2.18. The summed E-state index contributed by atoms with van der Waals surface area (Å²) < 4.78 is 31.5. The van der Waals surface area contributed by atoms with Gasteiger partial charge < -0.3 is 4.42 Å². The topological polar surface area (TPSA) is 105 Å². The molecule has 1 amide bonds. The van der Waals surface area contributed by atoms with E-state index in [1.165, 1.54) is 26.2 Å². The molecule has 1 heterocycles. The minimum Gasteiger partial charge on any atom is -0.403 e. The summed E-state index contributed by atoms with van der Waals surface area (Å²) in [6.07, 6.45) is 0. The van der Waals surface area contributed by atoms with Crippen LogP contribution in [0.15, 0.2) is 62.3 Å². The minimum atomic E-state index is -3.51.